The summed E-state index contributed by atoms with van der Waals surface area (Å²) < 4.78 is 14.6. The molecule has 0 N–H and O–H groups in total. The van der Waals surface area contributed by atoms with Gasteiger partial charge in [0.05, 0.1) is 5.69 Å². The minimum absolute atomic E-state index is 0.187. The van der Waals surface area contributed by atoms with Gasteiger partial charge in [0.2, 0.25) is 5.78 Å². The largest absolute Gasteiger partial charge is 0.347 e. The van der Waals surface area contributed by atoms with Crippen LogP contribution in [-0.2, 0) is 7.05 Å². The van der Waals surface area contributed by atoms with Gasteiger partial charge in [0, 0.05) is 42.3 Å². The predicted molar refractivity (Wildman–Crippen MR) is 82.9 cm³/mol. The van der Waals surface area contributed by atoms with E-state index < -0.39 is 5.82 Å². The van der Waals surface area contributed by atoms with Crippen LogP contribution in [0.2, 0.25) is 0 Å². The normalized spacial score (nSPS) is 10.5. The van der Waals surface area contributed by atoms with Crippen LogP contribution < -0.4 is 0 Å². The molecule has 114 valence electrons. The molecule has 0 amide bonds. The molecule has 0 unspecified atom stereocenters. The number of nitrogens with zero attached hydrogens (tertiary/aromatic N) is 2. The van der Waals surface area contributed by atoms with E-state index in [4.69, 9.17) is 0 Å². The van der Waals surface area contributed by atoms with E-state index in [1.807, 2.05) is 0 Å². The fraction of sp³-hybridized carbons (Fsp3) is 0.0556. The highest BCUT2D eigenvalue weighted by Gasteiger charge is 2.18. The lowest BCUT2D eigenvalue weighted by Crippen LogP contribution is -2.06. The Morgan fingerprint density at radius 2 is 1.52 bits per heavy atom. The second kappa shape index (κ2) is 5.96. The summed E-state index contributed by atoms with van der Waals surface area (Å²) >= 11 is 0. The van der Waals surface area contributed by atoms with Crippen molar-refractivity contribution in [3.63, 3.8) is 0 Å². The first-order valence-electron chi connectivity index (χ1n) is 6.97. The molecule has 2 aromatic heterocycles. The Hall–Kier alpha value is -3.08. The van der Waals surface area contributed by atoms with Crippen LogP contribution in [0.4, 0.5) is 4.39 Å². The van der Waals surface area contributed by atoms with Gasteiger partial charge in [-0.05, 0) is 42.5 Å². The Labute approximate surface area is 132 Å². The third-order valence-electron chi connectivity index (χ3n) is 3.55. The fourth-order valence-corrected chi connectivity index (χ4v) is 2.33. The highest BCUT2D eigenvalue weighted by Crippen LogP contribution is 2.16. The molecule has 5 heteroatoms. The van der Waals surface area contributed by atoms with Gasteiger partial charge in [-0.2, -0.15) is 0 Å². The standard InChI is InChI=1S/C18H13FN2O2/c1-21-11-14(17(22)12-2-4-15(19)5-3-12)10-16(21)18(23)13-6-8-20-9-7-13/h2-11H,1H3. The third-order valence-corrected chi connectivity index (χ3v) is 3.55. The molecule has 0 spiro atoms. The molecule has 3 aromatic rings. The maximum atomic E-state index is 12.9. The van der Waals surface area contributed by atoms with Gasteiger partial charge in [-0.3, -0.25) is 14.6 Å². The minimum Gasteiger partial charge on any atom is -0.347 e. The second-order valence-corrected chi connectivity index (χ2v) is 5.13. The second-order valence-electron chi connectivity index (χ2n) is 5.13. The average Bonchev–Trinajstić information content (AvgIpc) is 2.97. The van der Waals surface area contributed by atoms with Gasteiger partial charge >= 0.3 is 0 Å². The number of aromatic nitrogens is 2. The summed E-state index contributed by atoms with van der Waals surface area (Å²) in [5, 5.41) is 0. The molecule has 0 fully saturated rings. The monoisotopic (exact) mass is 308 g/mol. The highest BCUT2D eigenvalue weighted by molar-refractivity contribution is 6.13. The predicted octanol–water partition coefficient (Wildman–Crippen LogP) is 3.02. The topological polar surface area (TPSA) is 52.0 Å². The molecule has 1 aromatic carbocycles. The molecule has 3 rings (SSSR count). The highest BCUT2D eigenvalue weighted by atomic mass is 19.1. The van der Waals surface area contributed by atoms with Gasteiger partial charge < -0.3 is 4.57 Å². The quantitative estimate of drug-likeness (QED) is 0.696. The Balaban J connectivity index is 1.93. The van der Waals surface area contributed by atoms with E-state index in [-0.39, 0.29) is 11.6 Å². The Bertz CT molecular complexity index is 868. The van der Waals surface area contributed by atoms with Crippen molar-refractivity contribution in [1.29, 1.82) is 0 Å². The number of aryl methyl sites for hydroxylation is 1. The zero-order valence-electron chi connectivity index (χ0n) is 12.4. The van der Waals surface area contributed by atoms with Crippen molar-refractivity contribution in [2.75, 3.05) is 0 Å². The number of carbonyl (C=O) groups is 2. The summed E-state index contributed by atoms with van der Waals surface area (Å²) in [7, 11) is 1.70. The van der Waals surface area contributed by atoms with Crippen LogP contribution in [0.25, 0.3) is 0 Å². The van der Waals surface area contributed by atoms with Gasteiger partial charge in [0.15, 0.2) is 5.78 Å². The van der Waals surface area contributed by atoms with E-state index in [1.165, 1.54) is 24.3 Å². The smallest absolute Gasteiger partial charge is 0.209 e. The summed E-state index contributed by atoms with van der Waals surface area (Å²) in [6, 6.07) is 10.1. The lowest BCUT2D eigenvalue weighted by atomic mass is 10.0. The molecule has 2 heterocycles. The van der Waals surface area contributed by atoms with Gasteiger partial charge in [-0.25, -0.2) is 4.39 Å². The molecule has 0 aliphatic carbocycles. The Kier molecular flexibility index (Phi) is 3.85. The molecule has 0 radical (unpaired) electrons. The number of halogens is 1. The summed E-state index contributed by atoms with van der Waals surface area (Å²) in [6.07, 6.45) is 4.68. The summed E-state index contributed by atoms with van der Waals surface area (Å²) in [5.41, 5.74) is 1.67. The number of ketones is 2. The molecule has 0 bridgehead atoms. The summed E-state index contributed by atoms with van der Waals surface area (Å²) in [4.78, 5) is 28.8. The van der Waals surface area contributed by atoms with Crippen LogP contribution in [0.15, 0.2) is 61.1 Å². The van der Waals surface area contributed by atoms with Crippen LogP contribution in [0.1, 0.15) is 32.0 Å². The van der Waals surface area contributed by atoms with Crippen LogP contribution in [-0.4, -0.2) is 21.1 Å². The van der Waals surface area contributed by atoms with Gasteiger partial charge in [-0.15, -0.1) is 0 Å². The van der Waals surface area contributed by atoms with E-state index in [9.17, 15) is 14.0 Å². The van der Waals surface area contributed by atoms with Gasteiger partial charge in [0.25, 0.3) is 0 Å². The first kappa shape index (κ1) is 14.8. The van der Waals surface area contributed by atoms with Crippen molar-refractivity contribution in [3.05, 3.63) is 89.3 Å². The number of hydrogen-bond donors (Lipinski definition) is 0. The van der Waals surface area contributed by atoms with Crippen molar-refractivity contribution in [1.82, 2.24) is 9.55 Å². The lowest BCUT2D eigenvalue weighted by Gasteiger charge is -2.01. The van der Waals surface area contributed by atoms with Crippen molar-refractivity contribution >= 4 is 11.6 Å². The number of hydrogen-bond acceptors (Lipinski definition) is 3. The molecule has 0 saturated carbocycles. The first-order chi connectivity index (χ1) is 11.1. The number of benzene rings is 1. The number of pyridine rings is 1. The lowest BCUT2D eigenvalue weighted by molar-refractivity contribution is 0.102. The average molecular weight is 308 g/mol. The minimum atomic E-state index is -0.400. The fourth-order valence-electron chi connectivity index (χ4n) is 2.33. The molecule has 23 heavy (non-hydrogen) atoms. The number of rotatable bonds is 4. The van der Waals surface area contributed by atoms with E-state index >= 15 is 0 Å². The first-order valence-corrected chi connectivity index (χ1v) is 6.97. The molecule has 0 atom stereocenters. The SMILES string of the molecule is Cn1cc(C(=O)c2ccc(F)cc2)cc1C(=O)c1ccncc1. The van der Waals surface area contributed by atoms with E-state index in [1.54, 1.807) is 48.4 Å². The van der Waals surface area contributed by atoms with E-state index in [0.717, 1.165) is 0 Å². The third kappa shape index (κ3) is 2.94. The molecule has 0 aliphatic rings. The van der Waals surface area contributed by atoms with Crippen molar-refractivity contribution in [2.45, 2.75) is 0 Å². The van der Waals surface area contributed by atoms with Crippen LogP contribution in [0.3, 0.4) is 0 Å². The molecular formula is C18H13FN2O2. The van der Waals surface area contributed by atoms with E-state index in [2.05, 4.69) is 4.98 Å². The molecule has 0 aliphatic heterocycles. The maximum Gasteiger partial charge on any atom is 0.209 e. The summed E-state index contributed by atoms with van der Waals surface area (Å²) in [5.74, 6) is -0.842. The molecular weight excluding hydrogens is 295 g/mol. The van der Waals surface area contributed by atoms with Gasteiger partial charge in [-0.1, -0.05) is 0 Å². The Morgan fingerprint density at radius 1 is 0.913 bits per heavy atom. The molecule has 0 saturated heterocycles. The van der Waals surface area contributed by atoms with E-state index in [0.29, 0.717) is 22.4 Å². The molecule has 4 nitrogen and oxygen atoms in total. The van der Waals surface area contributed by atoms with Crippen molar-refractivity contribution in [2.24, 2.45) is 7.05 Å². The zero-order valence-corrected chi connectivity index (χ0v) is 12.4. The summed E-state index contributed by atoms with van der Waals surface area (Å²) in [6.45, 7) is 0. The Morgan fingerprint density at radius 3 is 2.17 bits per heavy atom. The maximum absolute atomic E-state index is 12.9. The zero-order chi connectivity index (χ0) is 16.4. The van der Waals surface area contributed by atoms with Crippen molar-refractivity contribution in [3.8, 4) is 0 Å². The van der Waals surface area contributed by atoms with Crippen LogP contribution in [0.5, 0.6) is 0 Å². The number of carbonyl (C=O) groups excluding carboxylic acids is 2. The van der Waals surface area contributed by atoms with Crippen LogP contribution in [0, 0.1) is 5.82 Å². The van der Waals surface area contributed by atoms with Crippen LogP contribution >= 0.6 is 0 Å². The van der Waals surface area contributed by atoms with Crippen molar-refractivity contribution < 1.29 is 14.0 Å². The van der Waals surface area contributed by atoms with Gasteiger partial charge in [0.1, 0.15) is 5.82 Å².